The van der Waals surface area contributed by atoms with Crippen molar-refractivity contribution in [1.82, 2.24) is 19.8 Å². The maximum absolute atomic E-state index is 15.0. The lowest BCUT2D eigenvalue weighted by Crippen LogP contribution is -2.51. The third-order valence-electron chi connectivity index (χ3n) is 7.39. The number of carbonyl (C=O) groups is 2. The molecule has 206 valence electrons. The number of methoxy groups -OCH3 is 1. The normalized spacial score (nSPS) is 20.9. The number of esters is 1. The molecule has 2 aromatic rings. The van der Waals surface area contributed by atoms with Gasteiger partial charge in [-0.05, 0) is 77.6 Å². The van der Waals surface area contributed by atoms with Gasteiger partial charge in [0, 0.05) is 18.7 Å². The van der Waals surface area contributed by atoms with Crippen molar-refractivity contribution in [3.63, 3.8) is 0 Å². The zero-order chi connectivity index (χ0) is 27.5. The first-order valence-corrected chi connectivity index (χ1v) is 13.1. The minimum atomic E-state index is -1.19. The van der Waals surface area contributed by atoms with E-state index in [1.807, 2.05) is 0 Å². The van der Waals surface area contributed by atoms with Crippen LogP contribution < -0.4 is 4.74 Å². The SMILES string of the molecule is COC(=O)C1(C)CCCN1C(=O)c1ccc(-c2ncc(OCC3CCN(CC(C)(C)F)CC3)cn2)cc1F. The smallest absolute Gasteiger partial charge is 0.331 e. The van der Waals surface area contributed by atoms with Gasteiger partial charge in [0.15, 0.2) is 11.6 Å². The summed E-state index contributed by atoms with van der Waals surface area (Å²) in [6.07, 6.45) is 6.07. The molecule has 1 atom stereocenters. The van der Waals surface area contributed by atoms with Gasteiger partial charge in [0.05, 0.1) is 31.7 Å². The van der Waals surface area contributed by atoms with Crippen molar-refractivity contribution in [2.24, 2.45) is 5.92 Å². The third kappa shape index (κ3) is 6.28. The molecule has 1 aromatic heterocycles. The molecule has 0 saturated carbocycles. The molecule has 2 aliphatic heterocycles. The number of alkyl halides is 1. The van der Waals surface area contributed by atoms with Gasteiger partial charge in [-0.15, -0.1) is 0 Å². The first kappa shape index (κ1) is 27.9. The largest absolute Gasteiger partial charge is 0.490 e. The van der Waals surface area contributed by atoms with Crippen LogP contribution in [0.25, 0.3) is 11.4 Å². The Balaban J connectivity index is 1.35. The van der Waals surface area contributed by atoms with Crippen LogP contribution in [-0.4, -0.2) is 82.7 Å². The van der Waals surface area contributed by atoms with Gasteiger partial charge < -0.3 is 19.3 Å². The Labute approximate surface area is 222 Å². The summed E-state index contributed by atoms with van der Waals surface area (Å²) >= 11 is 0. The van der Waals surface area contributed by atoms with Crippen LogP contribution in [0.15, 0.2) is 30.6 Å². The number of halogens is 2. The van der Waals surface area contributed by atoms with Gasteiger partial charge in [-0.25, -0.2) is 23.5 Å². The van der Waals surface area contributed by atoms with Crippen LogP contribution in [0.1, 0.15) is 56.8 Å². The maximum atomic E-state index is 15.0. The second-order valence-corrected chi connectivity index (χ2v) is 11.0. The van der Waals surface area contributed by atoms with Crippen LogP contribution in [0.2, 0.25) is 0 Å². The van der Waals surface area contributed by atoms with Gasteiger partial charge in [0.1, 0.15) is 17.0 Å². The standard InChI is InChI=1S/C28H36F2N4O4/c1-27(2,30)18-33-12-8-19(9-13-33)17-38-21-15-31-24(32-16-21)20-6-7-22(23(29)14-20)25(35)34-11-5-10-28(34,3)26(36)37-4/h6-7,14-16,19H,5,8-13,17-18H2,1-4H3. The van der Waals surface area contributed by atoms with E-state index in [1.54, 1.807) is 39.2 Å². The number of hydrogen-bond acceptors (Lipinski definition) is 7. The number of ether oxygens (including phenoxy) is 2. The summed E-state index contributed by atoms with van der Waals surface area (Å²) in [5.74, 6) is -0.573. The summed E-state index contributed by atoms with van der Waals surface area (Å²) < 4.78 is 39.6. The highest BCUT2D eigenvalue weighted by atomic mass is 19.1. The summed E-state index contributed by atoms with van der Waals surface area (Å²) in [6.45, 7) is 7.86. The molecule has 8 nitrogen and oxygen atoms in total. The highest BCUT2D eigenvalue weighted by molar-refractivity contribution is 5.99. The highest BCUT2D eigenvalue weighted by Gasteiger charge is 2.47. The third-order valence-corrected chi connectivity index (χ3v) is 7.39. The number of benzene rings is 1. The number of rotatable bonds is 8. The molecule has 38 heavy (non-hydrogen) atoms. The minimum absolute atomic E-state index is 0.119. The molecular formula is C28H36F2N4O4. The molecule has 2 aliphatic rings. The molecule has 1 amide bonds. The molecule has 0 spiro atoms. The monoisotopic (exact) mass is 530 g/mol. The first-order valence-electron chi connectivity index (χ1n) is 13.1. The lowest BCUT2D eigenvalue weighted by atomic mass is 9.97. The summed E-state index contributed by atoms with van der Waals surface area (Å²) in [5.41, 5.74) is -2.00. The van der Waals surface area contributed by atoms with Crippen molar-refractivity contribution >= 4 is 11.9 Å². The van der Waals surface area contributed by atoms with E-state index in [0.717, 1.165) is 25.9 Å². The second-order valence-electron chi connectivity index (χ2n) is 11.0. The predicted molar refractivity (Wildman–Crippen MR) is 138 cm³/mol. The summed E-state index contributed by atoms with van der Waals surface area (Å²) in [4.78, 5) is 37.5. The van der Waals surface area contributed by atoms with Gasteiger partial charge in [-0.2, -0.15) is 0 Å². The number of amides is 1. The fourth-order valence-electron chi connectivity index (χ4n) is 5.29. The van der Waals surface area contributed by atoms with Crippen molar-refractivity contribution in [3.05, 3.63) is 42.0 Å². The molecule has 0 radical (unpaired) electrons. The first-order chi connectivity index (χ1) is 18.0. The molecule has 0 aliphatic carbocycles. The molecule has 2 saturated heterocycles. The van der Waals surface area contributed by atoms with Crippen LogP contribution in [-0.2, 0) is 9.53 Å². The second kappa shape index (κ2) is 11.3. The van der Waals surface area contributed by atoms with Gasteiger partial charge in [-0.3, -0.25) is 4.79 Å². The Hall–Kier alpha value is -3.14. The average molecular weight is 531 g/mol. The van der Waals surface area contributed by atoms with Crippen LogP contribution in [0.4, 0.5) is 8.78 Å². The van der Waals surface area contributed by atoms with E-state index < -0.39 is 28.9 Å². The minimum Gasteiger partial charge on any atom is -0.490 e. The van der Waals surface area contributed by atoms with Crippen molar-refractivity contribution in [2.75, 3.05) is 39.9 Å². The lowest BCUT2D eigenvalue weighted by Gasteiger charge is -2.34. The van der Waals surface area contributed by atoms with E-state index in [4.69, 9.17) is 9.47 Å². The number of carbonyl (C=O) groups excluding carboxylic acids is 2. The topological polar surface area (TPSA) is 84.9 Å². The molecule has 1 unspecified atom stereocenters. The quantitative estimate of drug-likeness (QED) is 0.471. The highest BCUT2D eigenvalue weighted by Crippen LogP contribution is 2.32. The van der Waals surface area contributed by atoms with Crippen LogP contribution in [0, 0.1) is 11.7 Å². The van der Waals surface area contributed by atoms with Crippen LogP contribution in [0.5, 0.6) is 5.75 Å². The molecule has 4 rings (SSSR count). The molecular weight excluding hydrogens is 494 g/mol. The number of hydrogen-bond donors (Lipinski definition) is 0. The maximum Gasteiger partial charge on any atom is 0.331 e. The fraction of sp³-hybridized carbons (Fsp3) is 0.571. The van der Waals surface area contributed by atoms with Crippen LogP contribution >= 0.6 is 0 Å². The van der Waals surface area contributed by atoms with Crippen molar-refractivity contribution in [3.8, 4) is 17.1 Å². The summed E-state index contributed by atoms with van der Waals surface area (Å²) in [6, 6.07) is 4.21. The Morgan fingerprint density at radius 2 is 1.84 bits per heavy atom. The fourth-order valence-corrected chi connectivity index (χ4v) is 5.29. The van der Waals surface area contributed by atoms with E-state index in [-0.39, 0.29) is 5.56 Å². The number of aromatic nitrogens is 2. The zero-order valence-electron chi connectivity index (χ0n) is 22.5. The van der Waals surface area contributed by atoms with Gasteiger partial charge in [0.25, 0.3) is 5.91 Å². The van der Waals surface area contributed by atoms with E-state index in [2.05, 4.69) is 14.9 Å². The lowest BCUT2D eigenvalue weighted by molar-refractivity contribution is -0.151. The van der Waals surface area contributed by atoms with E-state index >= 15 is 4.39 Å². The molecule has 0 N–H and O–H groups in total. The van der Waals surface area contributed by atoms with E-state index in [1.165, 1.54) is 24.1 Å². The molecule has 3 heterocycles. The van der Waals surface area contributed by atoms with Gasteiger partial charge in [-0.1, -0.05) is 6.07 Å². The summed E-state index contributed by atoms with van der Waals surface area (Å²) in [5, 5.41) is 0. The Kier molecular flexibility index (Phi) is 8.30. The van der Waals surface area contributed by atoms with Crippen molar-refractivity contribution < 1.29 is 27.8 Å². The Morgan fingerprint density at radius 3 is 2.45 bits per heavy atom. The number of piperidine rings is 1. The zero-order valence-corrected chi connectivity index (χ0v) is 22.5. The molecule has 1 aromatic carbocycles. The van der Waals surface area contributed by atoms with Crippen LogP contribution in [0.3, 0.4) is 0 Å². The average Bonchev–Trinajstić information content (AvgIpc) is 3.29. The summed E-state index contributed by atoms with van der Waals surface area (Å²) in [7, 11) is 1.28. The van der Waals surface area contributed by atoms with Gasteiger partial charge in [0.2, 0.25) is 0 Å². The Morgan fingerprint density at radius 1 is 1.16 bits per heavy atom. The van der Waals surface area contributed by atoms with E-state index in [0.29, 0.717) is 55.6 Å². The molecule has 10 heteroatoms. The molecule has 0 bridgehead atoms. The Bertz CT molecular complexity index is 1150. The number of nitrogens with zero attached hydrogens (tertiary/aromatic N) is 4. The van der Waals surface area contributed by atoms with Gasteiger partial charge >= 0.3 is 5.97 Å². The van der Waals surface area contributed by atoms with Crippen molar-refractivity contribution in [1.29, 1.82) is 0 Å². The predicted octanol–water partition coefficient (Wildman–Crippen LogP) is 4.29. The van der Waals surface area contributed by atoms with E-state index in [9.17, 15) is 14.0 Å². The molecule has 2 fully saturated rings. The number of likely N-dealkylation sites (tertiary alicyclic amines) is 2. The van der Waals surface area contributed by atoms with Crippen molar-refractivity contribution in [2.45, 2.75) is 57.7 Å².